The number of fused-ring (bicyclic) bond motifs is 1. The van der Waals surface area contributed by atoms with Crippen LogP contribution in [0.4, 0.5) is 4.79 Å². The van der Waals surface area contributed by atoms with Crippen molar-refractivity contribution in [3.05, 3.63) is 36.0 Å². The van der Waals surface area contributed by atoms with Crippen LogP contribution in [0.25, 0.3) is 10.9 Å². The molecule has 2 aromatic rings. The van der Waals surface area contributed by atoms with Gasteiger partial charge < -0.3 is 19.7 Å². The Labute approximate surface area is 116 Å². The first-order valence-corrected chi connectivity index (χ1v) is 6.13. The highest BCUT2D eigenvalue weighted by atomic mass is 16.5. The molecule has 2 rings (SSSR count). The molecule has 0 unspecified atom stereocenters. The Balaban J connectivity index is 2.29. The second kappa shape index (κ2) is 5.64. The van der Waals surface area contributed by atoms with Crippen molar-refractivity contribution >= 4 is 23.0 Å². The van der Waals surface area contributed by atoms with Gasteiger partial charge in [-0.1, -0.05) is 18.2 Å². The molecule has 6 nitrogen and oxygen atoms in total. The minimum atomic E-state index is -1.09. The lowest BCUT2D eigenvalue weighted by molar-refractivity contribution is -0.139. The van der Waals surface area contributed by atoms with Crippen molar-refractivity contribution in [1.29, 1.82) is 0 Å². The Kier molecular flexibility index (Phi) is 3.93. The van der Waals surface area contributed by atoms with Crippen molar-refractivity contribution in [1.82, 2.24) is 9.88 Å². The Morgan fingerprint density at radius 2 is 2.10 bits per heavy atom. The second-order valence-electron chi connectivity index (χ2n) is 4.51. The third-order valence-corrected chi connectivity index (χ3v) is 3.18. The molecule has 2 N–H and O–H groups in total. The van der Waals surface area contributed by atoms with E-state index in [1.807, 2.05) is 42.1 Å². The van der Waals surface area contributed by atoms with Crippen molar-refractivity contribution in [2.24, 2.45) is 7.05 Å². The number of nitrogens with one attached hydrogen (secondary N) is 1. The van der Waals surface area contributed by atoms with Gasteiger partial charge in [0.25, 0.3) is 0 Å². The van der Waals surface area contributed by atoms with Gasteiger partial charge in [-0.15, -0.1) is 0 Å². The highest BCUT2D eigenvalue weighted by Crippen LogP contribution is 2.21. The lowest BCUT2D eigenvalue weighted by atomic mass is 10.1. The van der Waals surface area contributed by atoms with E-state index < -0.39 is 18.1 Å². The summed E-state index contributed by atoms with van der Waals surface area (Å²) >= 11 is 0. The van der Waals surface area contributed by atoms with E-state index in [1.54, 1.807) is 0 Å². The first kappa shape index (κ1) is 13.9. The fraction of sp³-hybridized carbons (Fsp3) is 0.286. The number of aryl methyl sites for hydroxylation is 1. The predicted molar refractivity (Wildman–Crippen MR) is 73.6 cm³/mol. The molecule has 1 aromatic heterocycles. The molecule has 6 heteroatoms. The number of para-hydroxylation sites is 1. The highest BCUT2D eigenvalue weighted by molar-refractivity contribution is 5.86. The monoisotopic (exact) mass is 276 g/mol. The first-order valence-electron chi connectivity index (χ1n) is 6.13. The van der Waals surface area contributed by atoms with Crippen molar-refractivity contribution in [2.45, 2.75) is 12.5 Å². The molecule has 0 fully saturated rings. The van der Waals surface area contributed by atoms with E-state index in [4.69, 9.17) is 0 Å². The zero-order chi connectivity index (χ0) is 14.7. The molecular weight excluding hydrogens is 260 g/mol. The van der Waals surface area contributed by atoms with Crippen LogP contribution in [0.5, 0.6) is 0 Å². The standard InChI is InChI=1S/C14H16N2O4/c1-16-8-9(10-5-3-4-6-12(10)16)7-11(13(17)18)15-14(19)20-2/h3-6,8,11H,7H2,1-2H3,(H,15,19)(H,17,18)/t11-/m1/s1. The van der Waals surface area contributed by atoms with Gasteiger partial charge in [0, 0.05) is 30.6 Å². The summed E-state index contributed by atoms with van der Waals surface area (Å²) in [5.74, 6) is -1.09. The van der Waals surface area contributed by atoms with E-state index in [0.717, 1.165) is 16.5 Å². The molecule has 0 radical (unpaired) electrons. The molecule has 20 heavy (non-hydrogen) atoms. The van der Waals surface area contributed by atoms with E-state index in [9.17, 15) is 14.7 Å². The third kappa shape index (κ3) is 2.74. The Morgan fingerprint density at radius 1 is 1.40 bits per heavy atom. The summed E-state index contributed by atoms with van der Waals surface area (Å²) in [5, 5.41) is 12.5. The summed E-state index contributed by atoms with van der Waals surface area (Å²) in [5.41, 5.74) is 1.89. The first-order chi connectivity index (χ1) is 9.52. The summed E-state index contributed by atoms with van der Waals surface area (Å²) in [4.78, 5) is 22.4. The maximum Gasteiger partial charge on any atom is 0.407 e. The lowest BCUT2D eigenvalue weighted by Crippen LogP contribution is -2.42. The zero-order valence-corrected chi connectivity index (χ0v) is 11.3. The third-order valence-electron chi connectivity index (χ3n) is 3.18. The van der Waals surface area contributed by atoms with Crippen molar-refractivity contribution in [2.75, 3.05) is 7.11 Å². The largest absolute Gasteiger partial charge is 0.480 e. The molecule has 0 spiro atoms. The zero-order valence-electron chi connectivity index (χ0n) is 11.3. The van der Waals surface area contributed by atoms with E-state index in [1.165, 1.54) is 7.11 Å². The molecule has 106 valence electrons. The summed E-state index contributed by atoms with van der Waals surface area (Å²) in [7, 11) is 3.10. The molecule has 0 aliphatic carbocycles. The van der Waals surface area contributed by atoms with Gasteiger partial charge in [-0.05, 0) is 11.6 Å². The number of amides is 1. The topological polar surface area (TPSA) is 80.6 Å². The smallest absolute Gasteiger partial charge is 0.407 e. The van der Waals surface area contributed by atoms with Crippen LogP contribution in [0.3, 0.4) is 0 Å². The maximum atomic E-state index is 11.2. The van der Waals surface area contributed by atoms with Gasteiger partial charge in [-0.25, -0.2) is 9.59 Å². The number of benzene rings is 1. The molecule has 1 heterocycles. The van der Waals surface area contributed by atoms with Gasteiger partial charge in [0.1, 0.15) is 6.04 Å². The Morgan fingerprint density at radius 3 is 2.75 bits per heavy atom. The number of hydrogen-bond donors (Lipinski definition) is 2. The minimum absolute atomic E-state index is 0.200. The average molecular weight is 276 g/mol. The van der Waals surface area contributed by atoms with E-state index in [0.29, 0.717) is 0 Å². The molecule has 0 aliphatic heterocycles. The van der Waals surface area contributed by atoms with Crippen LogP contribution in [0.2, 0.25) is 0 Å². The quantitative estimate of drug-likeness (QED) is 0.887. The number of nitrogens with zero attached hydrogens (tertiary/aromatic N) is 1. The van der Waals surface area contributed by atoms with Gasteiger partial charge in [0.2, 0.25) is 0 Å². The lowest BCUT2D eigenvalue weighted by Gasteiger charge is -2.12. The maximum absolute atomic E-state index is 11.2. The van der Waals surface area contributed by atoms with Crippen LogP contribution in [0.1, 0.15) is 5.56 Å². The fourth-order valence-corrected chi connectivity index (χ4v) is 2.21. The summed E-state index contributed by atoms with van der Waals surface area (Å²) in [6.07, 6.45) is 1.32. The molecular formula is C14H16N2O4. The molecule has 0 bridgehead atoms. The molecule has 1 amide bonds. The number of ether oxygens (including phenoxy) is 1. The number of alkyl carbamates (subject to hydrolysis) is 1. The number of methoxy groups -OCH3 is 1. The fourth-order valence-electron chi connectivity index (χ4n) is 2.21. The van der Waals surface area contributed by atoms with E-state index >= 15 is 0 Å². The molecule has 1 aromatic carbocycles. The second-order valence-corrected chi connectivity index (χ2v) is 4.51. The number of rotatable bonds is 4. The Bertz CT molecular complexity index is 648. The van der Waals surface area contributed by atoms with Crippen LogP contribution in [0, 0.1) is 0 Å². The summed E-state index contributed by atoms with van der Waals surface area (Å²) in [6.45, 7) is 0. The number of hydrogen-bond acceptors (Lipinski definition) is 3. The van der Waals surface area contributed by atoms with Crippen molar-refractivity contribution < 1.29 is 19.4 Å². The van der Waals surface area contributed by atoms with Crippen molar-refractivity contribution in [3.8, 4) is 0 Å². The van der Waals surface area contributed by atoms with Gasteiger partial charge >= 0.3 is 12.1 Å². The van der Waals surface area contributed by atoms with Crippen molar-refractivity contribution in [3.63, 3.8) is 0 Å². The number of carboxylic acid groups (broad SMARTS) is 1. The predicted octanol–water partition coefficient (Wildman–Crippen LogP) is 1.53. The number of carbonyl (C=O) groups is 2. The highest BCUT2D eigenvalue weighted by Gasteiger charge is 2.22. The number of aromatic nitrogens is 1. The van der Waals surface area contributed by atoms with Gasteiger partial charge in [0.05, 0.1) is 7.11 Å². The molecule has 1 atom stereocenters. The van der Waals surface area contributed by atoms with Crippen LogP contribution >= 0.6 is 0 Å². The van der Waals surface area contributed by atoms with Gasteiger partial charge in [-0.3, -0.25) is 0 Å². The van der Waals surface area contributed by atoms with Crippen LogP contribution in [0.15, 0.2) is 30.5 Å². The van der Waals surface area contributed by atoms with Gasteiger partial charge in [-0.2, -0.15) is 0 Å². The van der Waals surface area contributed by atoms with E-state index in [2.05, 4.69) is 10.1 Å². The molecule has 0 saturated carbocycles. The number of aliphatic carboxylic acids is 1. The van der Waals surface area contributed by atoms with Crippen LogP contribution in [-0.2, 0) is 23.0 Å². The molecule has 0 saturated heterocycles. The van der Waals surface area contributed by atoms with Crippen LogP contribution < -0.4 is 5.32 Å². The SMILES string of the molecule is COC(=O)N[C@H](Cc1cn(C)c2ccccc12)C(=O)O. The summed E-state index contributed by atoms with van der Waals surface area (Å²) in [6, 6.07) is 6.70. The average Bonchev–Trinajstić information content (AvgIpc) is 2.75. The van der Waals surface area contributed by atoms with Crippen LogP contribution in [-0.4, -0.2) is 34.9 Å². The Hall–Kier alpha value is -2.50. The summed E-state index contributed by atoms with van der Waals surface area (Å²) < 4.78 is 6.37. The minimum Gasteiger partial charge on any atom is -0.480 e. The number of carbonyl (C=O) groups excluding carboxylic acids is 1. The molecule has 0 aliphatic rings. The normalized spacial score (nSPS) is 12.1. The van der Waals surface area contributed by atoms with Gasteiger partial charge in [0.15, 0.2) is 0 Å². The number of carboxylic acids is 1. The van der Waals surface area contributed by atoms with E-state index in [-0.39, 0.29) is 6.42 Å².